The van der Waals surface area contributed by atoms with Crippen molar-refractivity contribution >= 4 is 0 Å². The molecule has 4 heteroatoms. The van der Waals surface area contributed by atoms with E-state index in [1.165, 1.54) is 36.4 Å². The fourth-order valence-corrected chi connectivity index (χ4v) is 1.57. The quantitative estimate of drug-likeness (QED) is 0.767. The van der Waals surface area contributed by atoms with Gasteiger partial charge in [-0.25, -0.2) is 8.78 Å². The number of rotatable bonds is 1. The normalized spacial score (nSPS) is 9.56. The predicted octanol–water partition coefficient (Wildman–Crippen LogP) is 3.38. The van der Waals surface area contributed by atoms with Gasteiger partial charge in [-0.15, -0.1) is 0 Å². The van der Waals surface area contributed by atoms with Crippen LogP contribution in [0.15, 0.2) is 36.4 Å². The Morgan fingerprint density at radius 3 is 1.39 bits per heavy atom. The first-order valence-corrected chi connectivity index (χ1v) is 5.05. The topological polar surface area (TPSA) is 47.6 Å². The highest BCUT2D eigenvalue weighted by molar-refractivity contribution is 5.65. The molecule has 86 valence electrons. The van der Waals surface area contributed by atoms with Crippen molar-refractivity contribution in [1.29, 1.82) is 10.5 Å². The SMILES string of the molecule is N#Cc1ccc(-c2ccc(C#N)c(F)c2)cc1F. The van der Waals surface area contributed by atoms with Crippen molar-refractivity contribution in [1.82, 2.24) is 0 Å². The Kier molecular flexibility index (Phi) is 3.03. The molecule has 18 heavy (non-hydrogen) atoms. The van der Waals surface area contributed by atoms with Crippen molar-refractivity contribution in [2.24, 2.45) is 0 Å². The van der Waals surface area contributed by atoms with E-state index >= 15 is 0 Å². The third kappa shape index (κ3) is 2.05. The van der Waals surface area contributed by atoms with Gasteiger partial charge in [0.15, 0.2) is 0 Å². The monoisotopic (exact) mass is 240 g/mol. The third-order valence-electron chi connectivity index (χ3n) is 2.51. The molecule has 0 atom stereocenters. The first-order valence-electron chi connectivity index (χ1n) is 5.05. The second-order valence-corrected chi connectivity index (χ2v) is 3.61. The molecule has 0 bridgehead atoms. The molecule has 2 aromatic carbocycles. The summed E-state index contributed by atoms with van der Waals surface area (Å²) in [4.78, 5) is 0. The molecular formula is C14H6F2N2. The summed E-state index contributed by atoms with van der Waals surface area (Å²) >= 11 is 0. The smallest absolute Gasteiger partial charge is 0.141 e. The minimum atomic E-state index is -0.653. The van der Waals surface area contributed by atoms with Crippen molar-refractivity contribution in [3.8, 4) is 23.3 Å². The molecule has 0 amide bonds. The van der Waals surface area contributed by atoms with Gasteiger partial charge in [0, 0.05) is 0 Å². The molecule has 2 nitrogen and oxygen atoms in total. The number of halogens is 2. The van der Waals surface area contributed by atoms with Gasteiger partial charge >= 0.3 is 0 Å². The lowest BCUT2D eigenvalue weighted by Crippen LogP contribution is -1.88. The molecule has 0 saturated heterocycles. The van der Waals surface area contributed by atoms with Crippen LogP contribution in [0, 0.1) is 34.3 Å². The molecule has 0 fully saturated rings. The van der Waals surface area contributed by atoms with Gasteiger partial charge in [-0.1, -0.05) is 12.1 Å². The van der Waals surface area contributed by atoms with Crippen LogP contribution in [0.2, 0.25) is 0 Å². The average molecular weight is 240 g/mol. The molecule has 0 unspecified atom stereocenters. The van der Waals surface area contributed by atoms with Crippen LogP contribution >= 0.6 is 0 Å². The highest BCUT2D eigenvalue weighted by Gasteiger charge is 2.07. The largest absolute Gasteiger partial charge is 0.206 e. The zero-order valence-electron chi connectivity index (χ0n) is 9.11. The Balaban J connectivity index is 2.51. The van der Waals surface area contributed by atoms with Crippen molar-refractivity contribution in [3.63, 3.8) is 0 Å². The van der Waals surface area contributed by atoms with Gasteiger partial charge in [0.25, 0.3) is 0 Å². The summed E-state index contributed by atoms with van der Waals surface area (Å²) in [7, 11) is 0. The first-order chi connectivity index (χ1) is 8.65. The van der Waals surface area contributed by atoms with E-state index in [0.29, 0.717) is 11.1 Å². The zero-order chi connectivity index (χ0) is 13.1. The van der Waals surface area contributed by atoms with Crippen LogP contribution in [-0.4, -0.2) is 0 Å². The minimum Gasteiger partial charge on any atom is -0.206 e. The van der Waals surface area contributed by atoms with Crippen LogP contribution in [0.1, 0.15) is 11.1 Å². The maximum Gasteiger partial charge on any atom is 0.141 e. The summed E-state index contributed by atoms with van der Waals surface area (Å²) in [6.45, 7) is 0. The van der Waals surface area contributed by atoms with Crippen LogP contribution in [-0.2, 0) is 0 Å². The molecule has 0 radical (unpaired) electrons. The summed E-state index contributed by atoms with van der Waals surface area (Å²) in [6, 6.07) is 11.5. The maximum atomic E-state index is 13.4. The van der Waals surface area contributed by atoms with Gasteiger partial charge in [-0.05, 0) is 35.4 Å². The van der Waals surface area contributed by atoms with E-state index in [-0.39, 0.29) is 11.1 Å². The Hall–Kier alpha value is -2.72. The van der Waals surface area contributed by atoms with E-state index in [9.17, 15) is 8.78 Å². The molecule has 2 aromatic rings. The highest BCUT2D eigenvalue weighted by Crippen LogP contribution is 2.23. The first kappa shape index (κ1) is 11.8. The van der Waals surface area contributed by atoms with Crippen LogP contribution in [0.25, 0.3) is 11.1 Å². The van der Waals surface area contributed by atoms with Gasteiger partial charge in [-0.2, -0.15) is 10.5 Å². The number of nitrogens with zero attached hydrogens (tertiary/aromatic N) is 2. The molecule has 2 rings (SSSR count). The van der Waals surface area contributed by atoms with Crippen LogP contribution in [0.4, 0.5) is 8.78 Å². The number of nitriles is 2. The van der Waals surface area contributed by atoms with Gasteiger partial charge in [0.2, 0.25) is 0 Å². The Bertz CT molecular complexity index is 632. The predicted molar refractivity (Wildman–Crippen MR) is 61.2 cm³/mol. The lowest BCUT2D eigenvalue weighted by molar-refractivity contribution is 0.622. The Labute approximate surface area is 102 Å². The molecule has 0 aliphatic rings. The summed E-state index contributed by atoms with van der Waals surface area (Å²) in [5.41, 5.74) is 0.783. The van der Waals surface area contributed by atoms with Crippen molar-refractivity contribution in [2.75, 3.05) is 0 Å². The highest BCUT2D eigenvalue weighted by atomic mass is 19.1. The zero-order valence-corrected chi connectivity index (χ0v) is 9.11. The molecule has 0 heterocycles. The molecular weight excluding hydrogens is 234 g/mol. The summed E-state index contributed by atoms with van der Waals surface area (Å²) in [5, 5.41) is 17.2. The van der Waals surface area contributed by atoms with Crippen LogP contribution in [0.5, 0.6) is 0 Å². The van der Waals surface area contributed by atoms with E-state index in [1.807, 2.05) is 0 Å². The summed E-state index contributed by atoms with van der Waals surface area (Å²) < 4.78 is 26.8. The van der Waals surface area contributed by atoms with Crippen molar-refractivity contribution < 1.29 is 8.78 Å². The molecule has 0 spiro atoms. The van der Waals surface area contributed by atoms with E-state index in [1.54, 1.807) is 12.1 Å². The van der Waals surface area contributed by atoms with Gasteiger partial charge in [0.05, 0.1) is 11.1 Å². The fourth-order valence-electron chi connectivity index (χ4n) is 1.57. The van der Waals surface area contributed by atoms with Crippen LogP contribution in [0.3, 0.4) is 0 Å². The van der Waals surface area contributed by atoms with E-state index < -0.39 is 11.6 Å². The van der Waals surface area contributed by atoms with E-state index in [0.717, 1.165) is 0 Å². The second kappa shape index (κ2) is 4.65. The number of hydrogen-bond acceptors (Lipinski definition) is 2. The van der Waals surface area contributed by atoms with Gasteiger partial charge in [-0.3, -0.25) is 0 Å². The van der Waals surface area contributed by atoms with Crippen molar-refractivity contribution in [2.45, 2.75) is 0 Å². The molecule has 0 aliphatic carbocycles. The average Bonchev–Trinajstić information content (AvgIpc) is 2.38. The number of benzene rings is 2. The maximum absolute atomic E-state index is 13.4. The minimum absolute atomic E-state index is 0.0622. The van der Waals surface area contributed by atoms with Crippen LogP contribution < -0.4 is 0 Å². The molecule has 0 aromatic heterocycles. The molecule has 0 saturated carbocycles. The summed E-state index contributed by atoms with van der Waals surface area (Å²) in [5.74, 6) is -1.31. The standard InChI is InChI=1S/C14H6F2N2/c15-13-5-9(1-3-11(13)7-17)10-2-4-12(8-18)14(16)6-10/h1-6H. The van der Waals surface area contributed by atoms with Gasteiger partial charge < -0.3 is 0 Å². The third-order valence-corrected chi connectivity index (χ3v) is 2.51. The fraction of sp³-hybridized carbons (Fsp3) is 0. The van der Waals surface area contributed by atoms with Gasteiger partial charge in [0.1, 0.15) is 23.8 Å². The Morgan fingerprint density at radius 1 is 0.722 bits per heavy atom. The molecule has 0 aliphatic heterocycles. The van der Waals surface area contributed by atoms with E-state index in [2.05, 4.69) is 0 Å². The lowest BCUT2D eigenvalue weighted by Gasteiger charge is -2.03. The van der Waals surface area contributed by atoms with E-state index in [4.69, 9.17) is 10.5 Å². The second-order valence-electron chi connectivity index (χ2n) is 3.61. The lowest BCUT2D eigenvalue weighted by atomic mass is 10.0. The summed E-state index contributed by atoms with van der Waals surface area (Å²) in [6.07, 6.45) is 0. The number of hydrogen-bond donors (Lipinski definition) is 0. The van der Waals surface area contributed by atoms with Crippen molar-refractivity contribution in [3.05, 3.63) is 59.2 Å². The molecule has 0 N–H and O–H groups in total. The Morgan fingerprint density at radius 2 is 1.11 bits per heavy atom.